The van der Waals surface area contributed by atoms with Gasteiger partial charge in [0.05, 0.1) is 11.5 Å². The summed E-state index contributed by atoms with van der Waals surface area (Å²) in [5, 5.41) is 3.03. The lowest BCUT2D eigenvalue weighted by atomic mass is 9.97. The lowest BCUT2D eigenvalue weighted by molar-refractivity contribution is -0.137. The molecule has 3 nitrogen and oxygen atoms in total. The number of halogens is 3. The van der Waals surface area contributed by atoms with Crippen LogP contribution in [0.1, 0.15) is 42.5 Å². The van der Waals surface area contributed by atoms with Crippen LogP contribution < -0.4 is 5.32 Å². The first-order valence-corrected chi connectivity index (χ1v) is 10.5. The van der Waals surface area contributed by atoms with Crippen molar-refractivity contribution in [1.29, 1.82) is 0 Å². The highest BCUT2D eigenvalue weighted by Crippen LogP contribution is 2.29. The van der Waals surface area contributed by atoms with E-state index in [9.17, 15) is 18.0 Å². The molecule has 0 spiro atoms. The Labute approximate surface area is 176 Å². The van der Waals surface area contributed by atoms with Gasteiger partial charge in [0, 0.05) is 25.7 Å². The van der Waals surface area contributed by atoms with E-state index < -0.39 is 11.7 Å². The molecular formula is C24H29F3N2O. The molecule has 0 unspecified atom stereocenters. The minimum absolute atomic E-state index is 0.0748. The summed E-state index contributed by atoms with van der Waals surface area (Å²) in [6.07, 6.45) is -2.10. The Bertz CT molecular complexity index is 842. The van der Waals surface area contributed by atoms with Crippen molar-refractivity contribution < 1.29 is 18.0 Å². The second-order valence-electron chi connectivity index (χ2n) is 8.22. The number of likely N-dealkylation sites (tertiary alicyclic amines) is 1. The van der Waals surface area contributed by atoms with Crippen molar-refractivity contribution in [3.8, 4) is 0 Å². The van der Waals surface area contributed by atoms with E-state index in [0.717, 1.165) is 37.7 Å². The topological polar surface area (TPSA) is 32.3 Å². The van der Waals surface area contributed by atoms with Crippen LogP contribution in [0.3, 0.4) is 0 Å². The number of benzene rings is 2. The molecule has 2 aromatic rings. The highest BCUT2D eigenvalue weighted by Gasteiger charge is 2.32. The van der Waals surface area contributed by atoms with Gasteiger partial charge in [-0.15, -0.1) is 0 Å². The van der Waals surface area contributed by atoms with Crippen LogP contribution in [-0.2, 0) is 30.4 Å². The number of hydrogen-bond donors (Lipinski definition) is 1. The van der Waals surface area contributed by atoms with Crippen LogP contribution in [-0.4, -0.2) is 29.9 Å². The SMILES string of the molecule is CC[C@@H](C)NC(=O)C1CN(Cc2ccc(CCc3cccc(C(F)(F)F)c3)cc2)C1. The molecule has 1 amide bonds. The van der Waals surface area contributed by atoms with Crippen molar-refractivity contribution in [2.24, 2.45) is 5.92 Å². The molecule has 1 aliphatic rings. The Morgan fingerprint density at radius 1 is 1.07 bits per heavy atom. The van der Waals surface area contributed by atoms with Crippen molar-refractivity contribution in [1.82, 2.24) is 10.2 Å². The van der Waals surface area contributed by atoms with E-state index in [4.69, 9.17) is 0 Å². The Balaban J connectivity index is 1.44. The Hall–Kier alpha value is -2.34. The zero-order valence-electron chi connectivity index (χ0n) is 17.5. The first-order chi connectivity index (χ1) is 14.2. The quantitative estimate of drug-likeness (QED) is 0.666. The smallest absolute Gasteiger partial charge is 0.353 e. The van der Waals surface area contributed by atoms with Crippen molar-refractivity contribution in [3.63, 3.8) is 0 Å². The second kappa shape index (κ2) is 9.65. The molecular weight excluding hydrogens is 389 g/mol. The molecule has 3 rings (SSSR count). The maximum absolute atomic E-state index is 12.8. The van der Waals surface area contributed by atoms with E-state index in [-0.39, 0.29) is 17.9 Å². The van der Waals surface area contributed by atoms with E-state index in [2.05, 4.69) is 29.3 Å². The predicted molar refractivity (Wildman–Crippen MR) is 112 cm³/mol. The summed E-state index contributed by atoms with van der Waals surface area (Å²) >= 11 is 0. The molecule has 1 aliphatic heterocycles. The standard InChI is InChI=1S/C24H29F3N2O/c1-3-17(2)28-23(30)21-15-29(16-21)14-20-11-8-18(9-12-20)7-10-19-5-4-6-22(13-19)24(25,26)27/h4-6,8-9,11-13,17,21H,3,7,10,14-16H2,1-2H3,(H,28,30)/t17-/m1/s1. The minimum Gasteiger partial charge on any atom is -0.353 e. The molecule has 1 heterocycles. The number of nitrogens with one attached hydrogen (secondary N) is 1. The lowest BCUT2D eigenvalue weighted by Crippen LogP contribution is -2.54. The second-order valence-corrected chi connectivity index (χ2v) is 8.22. The normalized spacial score (nSPS) is 16.2. The Kier molecular flexibility index (Phi) is 7.19. The van der Waals surface area contributed by atoms with Crippen molar-refractivity contribution in [2.45, 2.75) is 51.9 Å². The van der Waals surface area contributed by atoms with Gasteiger partial charge in [0.15, 0.2) is 0 Å². The molecule has 1 saturated heterocycles. The summed E-state index contributed by atoms with van der Waals surface area (Å²) in [5.41, 5.74) is 2.38. The van der Waals surface area contributed by atoms with E-state index in [0.29, 0.717) is 18.4 Å². The largest absolute Gasteiger partial charge is 0.416 e. The summed E-state index contributed by atoms with van der Waals surface area (Å²) in [5.74, 6) is 0.219. The van der Waals surface area contributed by atoms with Gasteiger partial charge in [-0.1, -0.05) is 49.4 Å². The molecule has 1 N–H and O–H groups in total. The van der Waals surface area contributed by atoms with Crippen molar-refractivity contribution >= 4 is 5.91 Å². The van der Waals surface area contributed by atoms with Gasteiger partial charge in [-0.3, -0.25) is 9.69 Å². The fourth-order valence-corrected chi connectivity index (χ4v) is 3.59. The van der Waals surface area contributed by atoms with Gasteiger partial charge in [-0.25, -0.2) is 0 Å². The molecule has 0 saturated carbocycles. The van der Waals surface area contributed by atoms with Gasteiger partial charge in [0.2, 0.25) is 5.91 Å². The van der Waals surface area contributed by atoms with E-state index >= 15 is 0 Å². The third-order valence-corrected chi connectivity index (χ3v) is 5.71. The van der Waals surface area contributed by atoms with Gasteiger partial charge in [-0.2, -0.15) is 13.2 Å². The van der Waals surface area contributed by atoms with Crippen molar-refractivity contribution in [2.75, 3.05) is 13.1 Å². The van der Waals surface area contributed by atoms with Gasteiger partial charge < -0.3 is 5.32 Å². The third-order valence-electron chi connectivity index (χ3n) is 5.71. The monoisotopic (exact) mass is 418 g/mol. The molecule has 0 bridgehead atoms. The Morgan fingerprint density at radius 2 is 1.70 bits per heavy atom. The van der Waals surface area contributed by atoms with E-state index in [1.165, 1.54) is 17.7 Å². The fraction of sp³-hybridized carbons (Fsp3) is 0.458. The minimum atomic E-state index is -4.30. The van der Waals surface area contributed by atoms with Gasteiger partial charge in [-0.05, 0) is 48.9 Å². The van der Waals surface area contributed by atoms with Crippen molar-refractivity contribution in [3.05, 3.63) is 70.8 Å². The summed E-state index contributed by atoms with van der Waals surface area (Å²) < 4.78 is 38.5. The van der Waals surface area contributed by atoms with Crippen LogP contribution in [0.25, 0.3) is 0 Å². The molecule has 30 heavy (non-hydrogen) atoms. The maximum atomic E-state index is 12.8. The van der Waals surface area contributed by atoms with Gasteiger partial charge in [0.1, 0.15) is 0 Å². The molecule has 2 aromatic carbocycles. The Morgan fingerprint density at radius 3 is 2.33 bits per heavy atom. The summed E-state index contributed by atoms with van der Waals surface area (Å²) in [6, 6.07) is 14.0. The third kappa shape index (κ3) is 6.08. The van der Waals surface area contributed by atoms with Crippen LogP contribution in [0.15, 0.2) is 48.5 Å². The summed E-state index contributed by atoms with van der Waals surface area (Å²) in [6.45, 7) is 6.43. The number of aryl methyl sites for hydroxylation is 2. The molecule has 0 radical (unpaired) electrons. The first-order valence-electron chi connectivity index (χ1n) is 10.5. The molecule has 162 valence electrons. The zero-order chi connectivity index (χ0) is 21.7. The first kappa shape index (κ1) is 22.3. The molecule has 1 fully saturated rings. The van der Waals surface area contributed by atoms with Gasteiger partial charge >= 0.3 is 6.18 Å². The number of carbonyl (C=O) groups excluding carboxylic acids is 1. The maximum Gasteiger partial charge on any atom is 0.416 e. The molecule has 1 atom stereocenters. The van der Waals surface area contributed by atoms with Crippen LogP contribution in [0.4, 0.5) is 13.2 Å². The highest BCUT2D eigenvalue weighted by atomic mass is 19.4. The number of carbonyl (C=O) groups is 1. The van der Waals surface area contributed by atoms with Crippen LogP contribution in [0.2, 0.25) is 0 Å². The number of nitrogens with zero attached hydrogens (tertiary/aromatic N) is 1. The number of hydrogen-bond acceptors (Lipinski definition) is 2. The predicted octanol–water partition coefficient (Wildman–Crippen LogP) is 4.84. The molecule has 6 heteroatoms. The number of rotatable bonds is 8. The summed E-state index contributed by atoms with van der Waals surface area (Å²) in [4.78, 5) is 14.4. The molecule has 0 aromatic heterocycles. The average Bonchev–Trinajstić information content (AvgIpc) is 2.69. The van der Waals surface area contributed by atoms with Gasteiger partial charge in [0.25, 0.3) is 0 Å². The average molecular weight is 419 g/mol. The fourth-order valence-electron chi connectivity index (χ4n) is 3.59. The van der Waals surface area contributed by atoms with Crippen LogP contribution in [0.5, 0.6) is 0 Å². The summed E-state index contributed by atoms with van der Waals surface area (Å²) in [7, 11) is 0. The number of alkyl halides is 3. The van der Waals surface area contributed by atoms with E-state index in [1.807, 2.05) is 19.1 Å². The van der Waals surface area contributed by atoms with E-state index in [1.54, 1.807) is 6.07 Å². The molecule has 0 aliphatic carbocycles. The van der Waals surface area contributed by atoms with Crippen LogP contribution >= 0.6 is 0 Å². The highest BCUT2D eigenvalue weighted by molar-refractivity contribution is 5.80. The number of amides is 1. The lowest BCUT2D eigenvalue weighted by Gasteiger charge is -2.38. The zero-order valence-corrected chi connectivity index (χ0v) is 17.5. The van der Waals surface area contributed by atoms with Crippen LogP contribution in [0, 0.1) is 5.92 Å².